The SMILES string of the molecule is Fc1cnccc1CNc1nc(Cl)nn2cc(Br)cc12. The van der Waals surface area contributed by atoms with Gasteiger partial charge in [0.25, 0.3) is 0 Å². The zero-order valence-electron chi connectivity index (χ0n) is 10.0. The Labute approximate surface area is 126 Å². The average Bonchev–Trinajstić information content (AvgIpc) is 2.77. The van der Waals surface area contributed by atoms with Crippen LogP contribution in [0.3, 0.4) is 0 Å². The minimum Gasteiger partial charge on any atom is -0.364 e. The predicted octanol–water partition coefficient (Wildman–Crippen LogP) is 3.29. The highest BCUT2D eigenvalue weighted by Gasteiger charge is 2.09. The number of pyridine rings is 1. The Morgan fingerprint density at radius 1 is 1.45 bits per heavy atom. The third kappa shape index (κ3) is 2.59. The van der Waals surface area contributed by atoms with E-state index in [2.05, 4.69) is 36.3 Å². The van der Waals surface area contributed by atoms with Gasteiger partial charge in [-0.1, -0.05) is 0 Å². The number of nitrogens with one attached hydrogen (secondary N) is 1. The molecule has 0 spiro atoms. The molecule has 0 aliphatic carbocycles. The lowest BCUT2D eigenvalue weighted by atomic mass is 10.2. The van der Waals surface area contributed by atoms with E-state index in [0.29, 0.717) is 11.4 Å². The molecule has 102 valence electrons. The second kappa shape index (κ2) is 5.34. The molecule has 20 heavy (non-hydrogen) atoms. The summed E-state index contributed by atoms with van der Waals surface area (Å²) in [5, 5.41) is 7.21. The smallest absolute Gasteiger partial charge is 0.243 e. The van der Waals surface area contributed by atoms with Gasteiger partial charge in [-0.3, -0.25) is 4.98 Å². The summed E-state index contributed by atoms with van der Waals surface area (Å²) in [7, 11) is 0. The van der Waals surface area contributed by atoms with Gasteiger partial charge in [-0.05, 0) is 39.7 Å². The number of anilines is 1. The topological polar surface area (TPSA) is 55.1 Å². The lowest BCUT2D eigenvalue weighted by Crippen LogP contribution is -2.06. The number of halogens is 3. The van der Waals surface area contributed by atoms with Crippen molar-refractivity contribution >= 4 is 38.9 Å². The van der Waals surface area contributed by atoms with Crippen molar-refractivity contribution in [2.45, 2.75) is 6.54 Å². The number of aromatic nitrogens is 4. The van der Waals surface area contributed by atoms with E-state index in [1.54, 1.807) is 16.8 Å². The van der Waals surface area contributed by atoms with Crippen molar-refractivity contribution in [2.75, 3.05) is 5.32 Å². The molecule has 0 saturated carbocycles. The van der Waals surface area contributed by atoms with Crippen LogP contribution in [-0.2, 0) is 6.54 Å². The standard InChI is InChI=1S/C12H8BrClFN5/c13-8-3-10-11(18-12(14)19-20(10)6-8)17-4-7-1-2-16-5-9(7)15/h1-3,5-6H,4H2,(H,17,18,19). The van der Waals surface area contributed by atoms with Crippen molar-refractivity contribution in [2.24, 2.45) is 0 Å². The molecule has 1 N–H and O–H groups in total. The fourth-order valence-corrected chi connectivity index (χ4v) is 2.37. The van der Waals surface area contributed by atoms with Gasteiger partial charge in [0.05, 0.1) is 6.20 Å². The molecule has 3 heterocycles. The van der Waals surface area contributed by atoms with E-state index in [1.165, 1.54) is 12.4 Å². The van der Waals surface area contributed by atoms with Gasteiger partial charge in [0, 0.05) is 29.0 Å². The molecule has 0 radical (unpaired) electrons. The van der Waals surface area contributed by atoms with E-state index < -0.39 is 0 Å². The highest BCUT2D eigenvalue weighted by molar-refractivity contribution is 9.10. The first kappa shape index (κ1) is 13.3. The summed E-state index contributed by atoms with van der Waals surface area (Å²) in [6.07, 6.45) is 4.48. The molecule has 0 aromatic carbocycles. The van der Waals surface area contributed by atoms with Crippen molar-refractivity contribution in [1.82, 2.24) is 19.6 Å². The average molecular weight is 357 g/mol. The number of fused-ring (bicyclic) bond motifs is 1. The largest absolute Gasteiger partial charge is 0.364 e. The molecular weight excluding hydrogens is 349 g/mol. The predicted molar refractivity (Wildman–Crippen MR) is 77.2 cm³/mol. The van der Waals surface area contributed by atoms with Crippen molar-refractivity contribution in [3.63, 3.8) is 0 Å². The van der Waals surface area contributed by atoms with Gasteiger partial charge >= 0.3 is 0 Å². The van der Waals surface area contributed by atoms with Crippen molar-refractivity contribution in [3.8, 4) is 0 Å². The van der Waals surface area contributed by atoms with E-state index >= 15 is 0 Å². The van der Waals surface area contributed by atoms with Crippen LogP contribution in [0.4, 0.5) is 10.2 Å². The van der Waals surface area contributed by atoms with Crippen LogP contribution in [0, 0.1) is 5.82 Å². The molecule has 5 nitrogen and oxygen atoms in total. The zero-order valence-corrected chi connectivity index (χ0v) is 12.4. The van der Waals surface area contributed by atoms with Crippen LogP contribution in [-0.4, -0.2) is 19.6 Å². The molecule has 3 rings (SSSR count). The quantitative estimate of drug-likeness (QED) is 0.782. The molecule has 0 aliphatic heterocycles. The minimum absolute atomic E-state index is 0.110. The van der Waals surface area contributed by atoms with E-state index in [1.807, 2.05) is 6.07 Å². The second-order valence-electron chi connectivity index (χ2n) is 4.04. The highest BCUT2D eigenvalue weighted by atomic mass is 79.9. The Morgan fingerprint density at radius 2 is 2.30 bits per heavy atom. The first-order valence-electron chi connectivity index (χ1n) is 5.67. The van der Waals surface area contributed by atoms with Crippen LogP contribution in [0.5, 0.6) is 0 Å². The van der Waals surface area contributed by atoms with Gasteiger partial charge in [0.2, 0.25) is 5.28 Å². The summed E-state index contributed by atoms with van der Waals surface area (Å²) in [6, 6.07) is 3.46. The molecule has 3 aromatic rings. The summed E-state index contributed by atoms with van der Waals surface area (Å²) in [5.41, 5.74) is 1.24. The molecule has 0 amide bonds. The van der Waals surface area contributed by atoms with E-state index in [0.717, 1.165) is 9.99 Å². The lowest BCUT2D eigenvalue weighted by molar-refractivity contribution is 0.606. The van der Waals surface area contributed by atoms with Crippen molar-refractivity contribution in [3.05, 3.63) is 51.9 Å². The Morgan fingerprint density at radius 3 is 3.10 bits per heavy atom. The van der Waals surface area contributed by atoms with E-state index in [4.69, 9.17) is 11.6 Å². The molecule has 0 atom stereocenters. The number of rotatable bonds is 3. The van der Waals surface area contributed by atoms with Gasteiger partial charge in [0.1, 0.15) is 11.3 Å². The van der Waals surface area contributed by atoms with Crippen LogP contribution in [0.25, 0.3) is 5.52 Å². The van der Waals surface area contributed by atoms with Crippen LogP contribution in [0.2, 0.25) is 5.28 Å². The molecule has 0 aliphatic rings. The lowest BCUT2D eigenvalue weighted by Gasteiger charge is -2.08. The minimum atomic E-state index is -0.368. The van der Waals surface area contributed by atoms with Crippen LogP contribution >= 0.6 is 27.5 Å². The number of nitrogens with zero attached hydrogens (tertiary/aromatic N) is 4. The van der Waals surface area contributed by atoms with Gasteiger partial charge in [-0.2, -0.15) is 4.98 Å². The summed E-state index contributed by atoms with van der Waals surface area (Å²) in [6.45, 7) is 0.278. The molecular formula is C12H8BrClFN5. The van der Waals surface area contributed by atoms with Crippen molar-refractivity contribution in [1.29, 1.82) is 0 Å². The molecule has 0 bridgehead atoms. The monoisotopic (exact) mass is 355 g/mol. The molecule has 0 saturated heterocycles. The van der Waals surface area contributed by atoms with Crippen LogP contribution in [0.15, 0.2) is 35.2 Å². The Bertz CT molecular complexity index is 776. The first-order chi connectivity index (χ1) is 9.63. The number of hydrogen-bond acceptors (Lipinski definition) is 4. The fourth-order valence-electron chi connectivity index (χ4n) is 1.80. The zero-order chi connectivity index (χ0) is 14.1. The summed E-state index contributed by atoms with van der Waals surface area (Å²) in [4.78, 5) is 7.83. The summed E-state index contributed by atoms with van der Waals surface area (Å²) in [5.74, 6) is 0.166. The molecule has 8 heteroatoms. The van der Waals surface area contributed by atoms with Gasteiger partial charge in [-0.25, -0.2) is 8.91 Å². The first-order valence-corrected chi connectivity index (χ1v) is 6.84. The number of hydrogen-bond donors (Lipinski definition) is 1. The Balaban J connectivity index is 1.93. The van der Waals surface area contributed by atoms with E-state index in [-0.39, 0.29) is 17.6 Å². The maximum atomic E-state index is 13.5. The third-order valence-electron chi connectivity index (χ3n) is 2.71. The Hall–Kier alpha value is -1.73. The highest BCUT2D eigenvalue weighted by Crippen LogP contribution is 2.22. The molecule has 3 aromatic heterocycles. The summed E-state index contributed by atoms with van der Waals surface area (Å²) >= 11 is 9.23. The normalized spacial score (nSPS) is 10.9. The second-order valence-corrected chi connectivity index (χ2v) is 5.29. The maximum Gasteiger partial charge on any atom is 0.243 e. The van der Waals surface area contributed by atoms with Gasteiger partial charge in [-0.15, -0.1) is 5.10 Å². The third-order valence-corrected chi connectivity index (χ3v) is 3.30. The fraction of sp³-hybridized carbons (Fsp3) is 0.0833. The van der Waals surface area contributed by atoms with Crippen molar-refractivity contribution < 1.29 is 4.39 Å². The summed E-state index contributed by atoms with van der Waals surface area (Å²) < 4.78 is 16.0. The van der Waals surface area contributed by atoms with E-state index in [9.17, 15) is 4.39 Å². The molecule has 0 fully saturated rings. The molecule has 0 unspecified atom stereocenters. The Kier molecular flexibility index (Phi) is 3.54. The van der Waals surface area contributed by atoms with Gasteiger partial charge in [0.15, 0.2) is 5.82 Å². The van der Waals surface area contributed by atoms with Crippen LogP contribution < -0.4 is 5.32 Å². The maximum absolute atomic E-state index is 13.5. The van der Waals surface area contributed by atoms with Crippen LogP contribution in [0.1, 0.15) is 5.56 Å². The van der Waals surface area contributed by atoms with Gasteiger partial charge < -0.3 is 5.32 Å².